The van der Waals surface area contributed by atoms with Crippen LogP contribution in [-0.4, -0.2) is 37.0 Å². The summed E-state index contributed by atoms with van der Waals surface area (Å²) in [6, 6.07) is 7.25. The molecule has 1 saturated heterocycles. The first-order valence-electron chi connectivity index (χ1n) is 6.16. The molecule has 3 N–H and O–H groups in total. The SMILES string of the molecule is Cl.NCC1CCN(CC(=O)Nc2ccccc2Cl)C1. The van der Waals surface area contributed by atoms with E-state index in [1.165, 1.54) is 0 Å². The van der Waals surface area contributed by atoms with Crippen LogP contribution in [-0.2, 0) is 4.79 Å². The summed E-state index contributed by atoms with van der Waals surface area (Å²) < 4.78 is 0. The predicted octanol–water partition coefficient (Wildman–Crippen LogP) is 1.98. The summed E-state index contributed by atoms with van der Waals surface area (Å²) in [5, 5.41) is 3.39. The Kier molecular flexibility index (Phi) is 6.58. The quantitative estimate of drug-likeness (QED) is 0.894. The molecule has 1 unspecified atom stereocenters. The first-order valence-corrected chi connectivity index (χ1v) is 6.53. The Labute approximate surface area is 124 Å². The molecule has 6 heteroatoms. The molecule has 19 heavy (non-hydrogen) atoms. The van der Waals surface area contributed by atoms with Crippen molar-refractivity contribution in [1.82, 2.24) is 4.90 Å². The summed E-state index contributed by atoms with van der Waals surface area (Å²) >= 11 is 5.99. The number of anilines is 1. The third-order valence-corrected chi connectivity index (χ3v) is 3.55. The van der Waals surface area contributed by atoms with Gasteiger partial charge in [0.25, 0.3) is 0 Å². The molecule has 0 bridgehead atoms. The molecule has 1 aliphatic heterocycles. The fourth-order valence-corrected chi connectivity index (χ4v) is 2.39. The molecule has 4 nitrogen and oxygen atoms in total. The Morgan fingerprint density at radius 3 is 2.84 bits per heavy atom. The zero-order valence-corrected chi connectivity index (χ0v) is 12.2. The molecule has 1 aromatic carbocycles. The second-order valence-electron chi connectivity index (χ2n) is 4.65. The minimum Gasteiger partial charge on any atom is -0.330 e. The monoisotopic (exact) mass is 303 g/mol. The lowest BCUT2D eigenvalue weighted by atomic mass is 10.1. The molecule has 1 fully saturated rings. The molecule has 0 saturated carbocycles. The van der Waals surface area contributed by atoms with Gasteiger partial charge >= 0.3 is 0 Å². The van der Waals surface area contributed by atoms with Crippen LogP contribution in [0.2, 0.25) is 5.02 Å². The Hall–Kier alpha value is -0.810. The third kappa shape index (κ3) is 4.66. The van der Waals surface area contributed by atoms with Gasteiger partial charge in [-0.2, -0.15) is 0 Å². The highest BCUT2D eigenvalue weighted by atomic mass is 35.5. The van der Waals surface area contributed by atoms with Crippen LogP contribution in [0.25, 0.3) is 0 Å². The van der Waals surface area contributed by atoms with Crippen molar-refractivity contribution in [3.8, 4) is 0 Å². The third-order valence-electron chi connectivity index (χ3n) is 3.22. The molecule has 1 amide bonds. The maximum absolute atomic E-state index is 11.9. The summed E-state index contributed by atoms with van der Waals surface area (Å²) in [5.74, 6) is 0.499. The lowest BCUT2D eigenvalue weighted by Gasteiger charge is -2.15. The summed E-state index contributed by atoms with van der Waals surface area (Å²) in [6.07, 6.45) is 1.08. The number of nitrogens with zero attached hydrogens (tertiary/aromatic N) is 1. The number of benzene rings is 1. The van der Waals surface area contributed by atoms with Gasteiger partial charge in [-0.05, 0) is 37.6 Å². The number of para-hydroxylation sites is 1. The van der Waals surface area contributed by atoms with Crippen LogP contribution in [0.5, 0.6) is 0 Å². The van der Waals surface area contributed by atoms with Crippen molar-refractivity contribution in [3.05, 3.63) is 29.3 Å². The van der Waals surface area contributed by atoms with E-state index in [9.17, 15) is 4.79 Å². The first kappa shape index (κ1) is 16.2. The number of hydrogen-bond donors (Lipinski definition) is 2. The normalized spacial score (nSPS) is 18.9. The van der Waals surface area contributed by atoms with E-state index in [1.807, 2.05) is 12.1 Å². The Balaban J connectivity index is 0.00000180. The number of nitrogens with two attached hydrogens (primary N) is 1. The van der Waals surface area contributed by atoms with Gasteiger partial charge < -0.3 is 11.1 Å². The number of halogens is 2. The Morgan fingerprint density at radius 1 is 1.47 bits per heavy atom. The van der Waals surface area contributed by atoms with Gasteiger partial charge in [0, 0.05) is 6.54 Å². The number of amides is 1. The maximum Gasteiger partial charge on any atom is 0.238 e. The van der Waals surface area contributed by atoms with Crippen LogP contribution in [0.15, 0.2) is 24.3 Å². The van der Waals surface area contributed by atoms with Crippen molar-refractivity contribution < 1.29 is 4.79 Å². The smallest absolute Gasteiger partial charge is 0.238 e. The molecule has 1 heterocycles. The average Bonchev–Trinajstić information content (AvgIpc) is 2.80. The summed E-state index contributed by atoms with van der Waals surface area (Å²) in [7, 11) is 0. The second kappa shape index (κ2) is 7.70. The highest BCUT2D eigenvalue weighted by Crippen LogP contribution is 2.20. The van der Waals surface area contributed by atoms with Gasteiger partial charge in [-0.1, -0.05) is 23.7 Å². The number of likely N-dealkylation sites (tertiary alicyclic amines) is 1. The number of nitrogens with one attached hydrogen (secondary N) is 1. The molecule has 1 aromatic rings. The topological polar surface area (TPSA) is 58.4 Å². The Bertz CT molecular complexity index is 428. The molecule has 2 rings (SSSR count). The molecule has 1 atom stereocenters. The van der Waals surface area contributed by atoms with Crippen molar-refractivity contribution >= 4 is 35.6 Å². The fraction of sp³-hybridized carbons (Fsp3) is 0.462. The van der Waals surface area contributed by atoms with Gasteiger partial charge in [0.1, 0.15) is 0 Å². The van der Waals surface area contributed by atoms with E-state index in [1.54, 1.807) is 12.1 Å². The summed E-state index contributed by atoms with van der Waals surface area (Å²) in [4.78, 5) is 14.0. The molecule has 0 aromatic heterocycles. The van der Waals surface area contributed by atoms with E-state index in [2.05, 4.69) is 10.2 Å². The molecular formula is C13H19Cl2N3O. The van der Waals surface area contributed by atoms with Crippen LogP contribution < -0.4 is 11.1 Å². The standard InChI is InChI=1S/C13H18ClN3O.ClH/c14-11-3-1-2-4-12(11)16-13(18)9-17-6-5-10(7-15)8-17;/h1-4,10H,5-9,15H2,(H,16,18);1H. The summed E-state index contributed by atoms with van der Waals surface area (Å²) in [5.41, 5.74) is 6.29. The van der Waals surface area contributed by atoms with Crippen molar-refractivity contribution in [2.24, 2.45) is 11.7 Å². The van der Waals surface area contributed by atoms with Crippen molar-refractivity contribution in [1.29, 1.82) is 0 Å². The fourth-order valence-electron chi connectivity index (χ4n) is 2.20. The highest BCUT2D eigenvalue weighted by molar-refractivity contribution is 6.33. The average molecular weight is 304 g/mol. The number of rotatable bonds is 4. The minimum absolute atomic E-state index is 0. The van der Waals surface area contributed by atoms with E-state index in [-0.39, 0.29) is 18.3 Å². The second-order valence-corrected chi connectivity index (χ2v) is 5.06. The molecule has 1 aliphatic rings. The number of hydrogen-bond acceptors (Lipinski definition) is 3. The van der Waals surface area contributed by atoms with E-state index in [4.69, 9.17) is 17.3 Å². The van der Waals surface area contributed by atoms with E-state index in [0.717, 1.165) is 19.5 Å². The van der Waals surface area contributed by atoms with E-state index in [0.29, 0.717) is 29.7 Å². The predicted molar refractivity (Wildman–Crippen MR) is 80.9 cm³/mol. The van der Waals surface area contributed by atoms with Crippen molar-refractivity contribution in [2.45, 2.75) is 6.42 Å². The van der Waals surface area contributed by atoms with Crippen LogP contribution in [0, 0.1) is 5.92 Å². The van der Waals surface area contributed by atoms with Gasteiger partial charge in [-0.3, -0.25) is 9.69 Å². The number of carbonyl (C=O) groups excluding carboxylic acids is 1. The lowest BCUT2D eigenvalue weighted by molar-refractivity contribution is -0.117. The molecule has 0 spiro atoms. The van der Waals surface area contributed by atoms with Gasteiger partial charge in [0.15, 0.2) is 0 Å². The zero-order valence-electron chi connectivity index (χ0n) is 10.6. The zero-order chi connectivity index (χ0) is 13.0. The van der Waals surface area contributed by atoms with Crippen LogP contribution >= 0.6 is 24.0 Å². The van der Waals surface area contributed by atoms with E-state index < -0.39 is 0 Å². The van der Waals surface area contributed by atoms with Gasteiger partial charge in [0.2, 0.25) is 5.91 Å². The lowest BCUT2D eigenvalue weighted by Crippen LogP contribution is -2.32. The molecule has 0 radical (unpaired) electrons. The number of carbonyl (C=O) groups is 1. The highest BCUT2D eigenvalue weighted by Gasteiger charge is 2.22. The van der Waals surface area contributed by atoms with Crippen LogP contribution in [0.4, 0.5) is 5.69 Å². The summed E-state index contributed by atoms with van der Waals surface area (Å²) in [6.45, 7) is 2.95. The molecule has 0 aliphatic carbocycles. The Morgan fingerprint density at radius 2 is 2.21 bits per heavy atom. The van der Waals surface area contributed by atoms with Crippen LogP contribution in [0.3, 0.4) is 0 Å². The first-order chi connectivity index (χ1) is 8.69. The van der Waals surface area contributed by atoms with Gasteiger partial charge in [-0.25, -0.2) is 0 Å². The molecular weight excluding hydrogens is 285 g/mol. The van der Waals surface area contributed by atoms with Gasteiger partial charge in [0.05, 0.1) is 17.3 Å². The largest absolute Gasteiger partial charge is 0.330 e. The van der Waals surface area contributed by atoms with Gasteiger partial charge in [-0.15, -0.1) is 12.4 Å². The minimum atomic E-state index is -0.0271. The molecule has 106 valence electrons. The van der Waals surface area contributed by atoms with Crippen molar-refractivity contribution in [2.75, 3.05) is 31.5 Å². The maximum atomic E-state index is 11.9. The van der Waals surface area contributed by atoms with Crippen LogP contribution in [0.1, 0.15) is 6.42 Å². The van der Waals surface area contributed by atoms with E-state index >= 15 is 0 Å². The van der Waals surface area contributed by atoms with Crippen molar-refractivity contribution in [3.63, 3.8) is 0 Å².